The number of allylic oxidation sites excluding steroid dienone is 1. The Kier molecular flexibility index (Phi) is 3.98. The number of nitrogens with zero attached hydrogens (tertiary/aromatic N) is 1. The lowest BCUT2D eigenvalue weighted by molar-refractivity contribution is 0.0810. The average Bonchev–Trinajstić information content (AvgIpc) is 3.31. The predicted octanol–water partition coefficient (Wildman–Crippen LogP) is 4.39. The van der Waals surface area contributed by atoms with Crippen LogP contribution in [0.3, 0.4) is 0 Å². The van der Waals surface area contributed by atoms with Crippen LogP contribution < -0.4 is 9.47 Å². The van der Waals surface area contributed by atoms with E-state index in [0.29, 0.717) is 42.4 Å². The van der Waals surface area contributed by atoms with Crippen molar-refractivity contribution >= 4 is 11.9 Å². The van der Waals surface area contributed by atoms with Crippen molar-refractivity contribution in [1.82, 2.24) is 4.90 Å². The molecular formula is C22H16FNO4. The molecule has 28 heavy (non-hydrogen) atoms. The molecule has 0 atom stereocenters. The zero-order valence-electron chi connectivity index (χ0n) is 14.9. The number of halogens is 1. The Morgan fingerprint density at radius 2 is 2.07 bits per heavy atom. The van der Waals surface area contributed by atoms with E-state index < -0.39 is 0 Å². The fourth-order valence-corrected chi connectivity index (χ4v) is 3.48. The summed E-state index contributed by atoms with van der Waals surface area (Å²) in [6, 6.07) is 13.3. The summed E-state index contributed by atoms with van der Waals surface area (Å²) in [5.74, 6) is 1.64. The largest absolute Gasteiger partial charge is 0.478 e. The van der Waals surface area contributed by atoms with Gasteiger partial charge in [0.25, 0.3) is 0 Å². The van der Waals surface area contributed by atoms with Gasteiger partial charge in [-0.05, 0) is 48.0 Å². The van der Waals surface area contributed by atoms with Gasteiger partial charge in [0.15, 0.2) is 5.76 Å². The molecule has 0 unspecified atom stereocenters. The second-order valence-corrected chi connectivity index (χ2v) is 6.75. The quantitative estimate of drug-likeness (QED) is 0.634. The molecule has 0 N–H and O–H groups in total. The molecular weight excluding hydrogens is 361 g/mol. The first-order chi connectivity index (χ1) is 13.7. The average molecular weight is 377 g/mol. The molecule has 0 spiro atoms. The van der Waals surface area contributed by atoms with Gasteiger partial charge in [-0.3, -0.25) is 9.69 Å². The molecule has 3 aromatic rings. The summed E-state index contributed by atoms with van der Waals surface area (Å²) >= 11 is 0. The number of Topliss-reactive ketones (excluding diaryl/α,β-unsaturated/α-hetero) is 1. The molecule has 2 aliphatic heterocycles. The number of furan rings is 1. The summed E-state index contributed by atoms with van der Waals surface area (Å²) in [5.41, 5.74) is 1.89. The number of carbonyl (C=O) groups excluding carboxylic acids is 1. The standard InChI is InChI=1S/C22H16FNO4/c23-15-4-1-3-14(9-15)10-20-21(25)17-6-7-19-18(22(17)28-20)12-24(13-27-19)11-16-5-2-8-26-16/h1-10H,11-13H2. The minimum absolute atomic E-state index is 0.178. The van der Waals surface area contributed by atoms with Crippen LogP contribution in [0.1, 0.15) is 27.2 Å². The molecule has 2 aromatic carbocycles. The van der Waals surface area contributed by atoms with Gasteiger partial charge in [-0.15, -0.1) is 0 Å². The van der Waals surface area contributed by atoms with Crippen LogP contribution >= 0.6 is 0 Å². The Morgan fingerprint density at radius 3 is 2.89 bits per heavy atom. The smallest absolute Gasteiger partial charge is 0.231 e. The molecule has 3 heterocycles. The Bertz CT molecular complexity index is 1090. The van der Waals surface area contributed by atoms with Crippen LogP contribution in [0.2, 0.25) is 0 Å². The predicted molar refractivity (Wildman–Crippen MR) is 99.2 cm³/mol. The highest BCUT2D eigenvalue weighted by molar-refractivity contribution is 6.15. The highest BCUT2D eigenvalue weighted by Gasteiger charge is 2.33. The van der Waals surface area contributed by atoms with Crippen LogP contribution in [0.15, 0.2) is 65.0 Å². The lowest BCUT2D eigenvalue weighted by Crippen LogP contribution is -2.31. The molecule has 0 bridgehead atoms. The number of ether oxygens (including phenoxy) is 2. The molecule has 0 saturated carbocycles. The van der Waals surface area contributed by atoms with Gasteiger partial charge >= 0.3 is 0 Å². The minimum Gasteiger partial charge on any atom is -0.478 e. The van der Waals surface area contributed by atoms with Gasteiger partial charge in [-0.25, -0.2) is 4.39 Å². The summed E-state index contributed by atoms with van der Waals surface area (Å²) in [4.78, 5) is 14.8. The third kappa shape index (κ3) is 2.97. The maximum absolute atomic E-state index is 13.4. The molecule has 0 fully saturated rings. The van der Waals surface area contributed by atoms with Crippen LogP contribution in [0.25, 0.3) is 6.08 Å². The van der Waals surface area contributed by atoms with Crippen molar-refractivity contribution in [1.29, 1.82) is 0 Å². The normalized spacial score (nSPS) is 17.2. The van der Waals surface area contributed by atoms with Crippen LogP contribution in [-0.4, -0.2) is 17.4 Å². The van der Waals surface area contributed by atoms with Crippen molar-refractivity contribution in [3.05, 3.63) is 88.8 Å². The number of fused-ring (bicyclic) bond motifs is 3. The van der Waals surface area contributed by atoms with E-state index in [1.165, 1.54) is 12.1 Å². The lowest BCUT2D eigenvalue weighted by Gasteiger charge is -2.29. The van der Waals surface area contributed by atoms with Crippen LogP contribution in [-0.2, 0) is 13.1 Å². The number of benzene rings is 2. The molecule has 0 amide bonds. The fraction of sp³-hybridized carbons (Fsp3) is 0.136. The highest BCUT2D eigenvalue weighted by atomic mass is 19.1. The number of hydrogen-bond acceptors (Lipinski definition) is 5. The Labute approximate surface area is 160 Å². The van der Waals surface area contributed by atoms with Gasteiger partial charge in [0.1, 0.15) is 29.8 Å². The maximum atomic E-state index is 13.4. The SMILES string of the molecule is O=C1C(=Cc2cccc(F)c2)Oc2c1ccc1c2CN(Cc2ccco2)CO1. The second-order valence-electron chi connectivity index (χ2n) is 6.75. The van der Waals surface area contributed by atoms with E-state index in [0.717, 1.165) is 11.3 Å². The Morgan fingerprint density at radius 1 is 1.14 bits per heavy atom. The van der Waals surface area contributed by atoms with E-state index in [1.807, 2.05) is 12.1 Å². The molecule has 0 radical (unpaired) electrons. The van der Waals surface area contributed by atoms with Gasteiger partial charge < -0.3 is 13.9 Å². The molecule has 2 aliphatic rings. The van der Waals surface area contributed by atoms with E-state index in [-0.39, 0.29) is 17.4 Å². The zero-order chi connectivity index (χ0) is 19.1. The monoisotopic (exact) mass is 377 g/mol. The molecule has 0 saturated heterocycles. The van der Waals surface area contributed by atoms with E-state index in [1.54, 1.807) is 36.6 Å². The van der Waals surface area contributed by atoms with E-state index in [9.17, 15) is 9.18 Å². The number of ketones is 1. The third-order valence-corrected chi connectivity index (χ3v) is 4.79. The Balaban J connectivity index is 1.45. The lowest BCUT2D eigenvalue weighted by atomic mass is 10.0. The third-order valence-electron chi connectivity index (χ3n) is 4.79. The van der Waals surface area contributed by atoms with Crippen molar-refractivity contribution in [3.8, 4) is 11.5 Å². The maximum Gasteiger partial charge on any atom is 0.231 e. The fourth-order valence-electron chi connectivity index (χ4n) is 3.48. The van der Waals surface area contributed by atoms with Gasteiger partial charge in [0.05, 0.1) is 23.9 Å². The van der Waals surface area contributed by atoms with E-state index in [2.05, 4.69) is 4.90 Å². The van der Waals surface area contributed by atoms with E-state index >= 15 is 0 Å². The molecule has 1 aromatic heterocycles. The van der Waals surface area contributed by atoms with Crippen LogP contribution in [0.5, 0.6) is 11.5 Å². The summed E-state index contributed by atoms with van der Waals surface area (Å²) < 4.78 is 30.6. The molecule has 5 nitrogen and oxygen atoms in total. The van der Waals surface area contributed by atoms with Crippen molar-refractivity contribution in [3.63, 3.8) is 0 Å². The first-order valence-corrected chi connectivity index (χ1v) is 8.90. The number of rotatable bonds is 3. The minimum atomic E-state index is -0.364. The molecule has 6 heteroatoms. The number of carbonyl (C=O) groups is 1. The number of hydrogen-bond donors (Lipinski definition) is 0. The van der Waals surface area contributed by atoms with Crippen LogP contribution in [0.4, 0.5) is 4.39 Å². The molecule has 5 rings (SSSR count). The molecule has 0 aliphatic carbocycles. The first kappa shape index (κ1) is 16.8. The summed E-state index contributed by atoms with van der Waals surface area (Å²) in [6.45, 7) is 1.59. The zero-order valence-corrected chi connectivity index (χ0v) is 14.9. The van der Waals surface area contributed by atoms with Gasteiger partial charge in [-0.2, -0.15) is 0 Å². The Hall–Kier alpha value is -3.38. The summed E-state index contributed by atoms with van der Waals surface area (Å²) in [6.07, 6.45) is 3.19. The van der Waals surface area contributed by atoms with Crippen molar-refractivity contribution in [2.24, 2.45) is 0 Å². The van der Waals surface area contributed by atoms with Crippen molar-refractivity contribution in [2.45, 2.75) is 13.1 Å². The van der Waals surface area contributed by atoms with Crippen molar-refractivity contribution in [2.75, 3.05) is 6.73 Å². The van der Waals surface area contributed by atoms with Gasteiger partial charge in [0, 0.05) is 6.54 Å². The molecule has 140 valence electrons. The van der Waals surface area contributed by atoms with Gasteiger partial charge in [0.2, 0.25) is 5.78 Å². The summed E-state index contributed by atoms with van der Waals surface area (Å²) in [5, 5.41) is 0. The second kappa shape index (κ2) is 6.65. The van der Waals surface area contributed by atoms with Gasteiger partial charge in [-0.1, -0.05) is 12.1 Å². The van der Waals surface area contributed by atoms with E-state index in [4.69, 9.17) is 13.9 Å². The first-order valence-electron chi connectivity index (χ1n) is 8.90. The highest BCUT2D eigenvalue weighted by Crippen LogP contribution is 2.42. The van der Waals surface area contributed by atoms with Crippen LogP contribution in [0, 0.1) is 5.82 Å². The topological polar surface area (TPSA) is 51.9 Å². The summed E-state index contributed by atoms with van der Waals surface area (Å²) in [7, 11) is 0. The van der Waals surface area contributed by atoms with Crippen molar-refractivity contribution < 1.29 is 23.1 Å².